The molecule has 1 aromatic rings. The topological polar surface area (TPSA) is 21.3 Å². The van der Waals surface area contributed by atoms with E-state index in [0.29, 0.717) is 0 Å². The van der Waals surface area contributed by atoms with E-state index in [2.05, 4.69) is 37.4 Å². The normalized spacial score (nSPS) is 14.7. The van der Waals surface area contributed by atoms with Gasteiger partial charge in [0.15, 0.2) is 0 Å². The fraction of sp³-hybridized carbons (Fsp3) is 0.571. The monoisotopic (exact) mass is 219 g/mol. The third-order valence-electron chi connectivity index (χ3n) is 3.44. The highest BCUT2D eigenvalue weighted by atomic mass is 16.5. The number of fused-ring (bicyclic) bond motifs is 1. The Labute approximate surface area is 98.0 Å². The highest BCUT2D eigenvalue weighted by Crippen LogP contribution is 2.38. The minimum Gasteiger partial charge on any atom is -0.493 e. The van der Waals surface area contributed by atoms with Gasteiger partial charge in [-0.15, -0.1) is 0 Å². The fourth-order valence-corrected chi connectivity index (χ4v) is 2.32. The molecule has 1 aromatic carbocycles. The fourth-order valence-electron chi connectivity index (χ4n) is 2.32. The van der Waals surface area contributed by atoms with Crippen LogP contribution in [0, 0.1) is 0 Å². The van der Waals surface area contributed by atoms with Crippen LogP contribution >= 0.6 is 0 Å². The predicted molar refractivity (Wildman–Crippen MR) is 67.2 cm³/mol. The summed E-state index contributed by atoms with van der Waals surface area (Å²) < 4.78 is 5.78. The molecule has 0 saturated carbocycles. The van der Waals surface area contributed by atoms with Crippen LogP contribution in [0.4, 0.5) is 0 Å². The Bertz CT molecular complexity index is 371. The van der Waals surface area contributed by atoms with Crippen molar-refractivity contribution in [3.63, 3.8) is 0 Å². The number of ether oxygens (including phenoxy) is 1. The van der Waals surface area contributed by atoms with Crippen LogP contribution in [0.1, 0.15) is 31.4 Å². The van der Waals surface area contributed by atoms with Gasteiger partial charge in [-0.1, -0.05) is 32.0 Å². The first-order chi connectivity index (χ1) is 7.65. The molecule has 0 aliphatic carbocycles. The lowest BCUT2D eigenvalue weighted by molar-refractivity contribution is 0.341. The van der Waals surface area contributed by atoms with Gasteiger partial charge in [0.1, 0.15) is 5.75 Å². The number of benzene rings is 1. The Hall–Kier alpha value is -1.02. The van der Waals surface area contributed by atoms with Crippen LogP contribution in [-0.2, 0) is 11.8 Å². The van der Waals surface area contributed by atoms with Gasteiger partial charge in [-0.2, -0.15) is 0 Å². The first-order valence-electron chi connectivity index (χ1n) is 6.05. The molecule has 0 amide bonds. The van der Waals surface area contributed by atoms with Gasteiger partial charge < -0.3 is 10.1 Å². The second kappa shape index (κ2) is 4.46. The SMILES string of the molecule is CNCCC(C)(C)c1cccc2c1OCC2. The Morgan fingerprint density at radius 1 is 1.38 bits per heavy atom. The summed E-state index contributed by atoms with van der Waals surface area (Å²) in [6.07, 6.45) is 2.19. The van der Waals surface area contributed by atoms with Crippen LogP contribution in [0.15, 0.2) is 18.2 Å². The van der Waals surface area contributed by atoms with Gasteiger partial charge in [0.05, 0.1) is 6.61 Å². The van der Waals surface area contributed by atoms with E-state index >= 15 is 0 Å². The minimum absolute atomic E-state index is 0.179. The van der Waals surface area contributed by atoms with E-state index in [4.69, 9.17) is 4.74 Å². The molecule has 0 spiro atoms. The lowest BCUT2D eigenvalue weighted by Crippen LogP contribution is -2.24. The summed E-state index contributed by atoms with van der Waals surface area (Å²) in [5, 5.41) is 3.22. The molecule has 0 atom stereocenters. The number of hydrogen-bond donors (Lipinski definition) is 1. The second-order valence-corrected chi connectivity index (χ2v) is 5.13. The number of nitrogens with one attached hydrogen (secondary N) is 1. The molecular formula is C14H21NO. The summed E-state index contributed by atoms with van der Waals surface area (Å²) in [7, 11) is 2.00. The quantitative estimate of drug-likeness (QED) is 0.840. The number of para-hydroxylation sites is 1. The third kappa shape index (κ3) is 2.07. The maximum absolute atomic E-state index is 5.78. The highest BCUT2D eigenvalue weighted by Gasteiger charge is 2.27. The standard InChI is InChI=1S/C14H21NO/c1-14(2,8-9-15-3)12-6-4-5-11-7-10-16-13(11)12/h4-6,15H,7-10H2,1-3H3. The summed E-state index contributed by atoms with van der Waals surface area (Å²) >= 11 is 0. The van der Waals surface area contributed by atoms with Gasteiger partial charge in [-0.25, -0.2) is 0 Å². The maximum atomic E-state index is 5.78. The van der Waals surface area contributed by atoms with Crippen LogP contribution in [0.3, 0.4) is 0 Å². The van der Waals surface area contributed by atoms with Crippen molar-refractivity contribution in [3.05, 3.63) is 29.3 Å². The minimum atomic E-state index is 0.179. The van der Waals surface area contributed by atoms with Crippen molar-refractivity contribution in [3.8, 4) is 5.75 Å². The molecule has 0 unspecified atom stereocenters. The van der Waals surface area contributed by atoms with Gasteiger partial charge in [-0.05, 0) is 31.0 Å². The summed E-state index contributed by atoms with van der Waals surface area (Å²) in [5.74, 6) is 1.14. The molecule has 2 heteroatoms. The largest absolute Gasteiger partial charge is 0.493 e. The van der Waals surface area contributed by atoms with Crippen molar-refractivity contribution in [2.45, 2.75) is 32.1 Å². The predicted octanol–water partition coefficient (Wildman–Crippen LogP) is 2.51. The average Bonchev–Trinajstić information content (AvgIpc) is 2.73. The Kier molecular flexibility index (Phi) is 3.20. The second-order valence-electron chi connectivity index (χ2n) is 5.13. The van der Waals surface area contributed by atoms with Crippen molar-refractivity contribution >= 4 is 0 Å². The first kappa shape index (κ1) is 11.5. The molecule has 2 nitrogen and oxygen atoms in total. The third-order valence-corrected chi connectivity index (χ3v) is 3.44. The molecule has 0 saturated heterocycles. The Morgan fingerprint density at radius 3 is 2.94 bits per heavy atom. The smallest absolute Gasteiger partial charge is 0.126 e. The molecule has 0 fully saturated rings. The van der Waals surface area contributed by atoms with E-state index in [9.17, 15) is 0 Å². The Morgan fingerprint density at radius 2 is 2.19 bits per heavy atom. The van der Waals surface area contributed by atoms with Gasteiger partial charge in [0.2, 0.25) is 0 Å². The van der Waals surface area contributed by atoms with Gasteiger partial charge in [-0.3, -0.25) is 0 Å². The Balaban J connectivity index is 2.29. The van der Waals surface area contributed by atoms with Crippen molar-refractivity contribution in [1.29, 1.82) is 0 Å². The van der Waals surface area contributed by atoms with E-state index in [1.807, 2.05) is 7.05 Å². The van der Waals surface area contributed by atoms with Gasteiger partial charge in [0.25, 0.3) is 0 Å². The molecule has 1 aliphatic rings. The summed E-state index contributed by atoms with van der Waals surface area (Å²) in [6.45, 7) is 6.47. The maximum Gasteiger partial charge on any atom is 0.126 e. The van der Waals surface area contributed by atoms with Crippen molar-refractivity contribution in [2.75, 3.05) is 20.2 Å². The average molecular weight is 219 g/mol. The van der Waals surface area contributed by atoms with E-state index in [0.717, 1.165) is 31.7 Å². The van der Waals surface area contributed by atoms with E-state index in [-0.39, 0.29) is 5.41 Å². The molecule has 1 aliphatic heterocycles. The zero-order valence-corrected chi connectivity index (χ0v) is 10.5. The van der Waals surface area contributed by atoms with Crippen molar-refractivity contribution in [2.24, 2.45) is 0 Å². The lowest BCUT2D eigenvalue weighted by Gasteiger charge is -2.27. The number of rotatable bonds is 4. The lowest BCUT2D eigenvalue weighted by atomic mass is 9.80. The summed E-state index contributed by atoms with van der Waals surface area (Å²) in [4.78, 5) is 0. The van der Waals surface area contributed by atoms with E-state index in [1.165, 1.54) is 11.1 Å². The molecule has 1 heterocycles. The number of hydrogen-bond acceptors (Lipinski definition) is 2. The van der Waals surface area contributed by atoms with Crippen LogP contribution in [0.2, 0.25) is 0 Å². The molecular weight excluding hydrogens is 198 g/mol. The van der Waals surface area contributed by atoms with Crippen LogP contribution in [0.25, 0.3) is 0 Å². The van der Waals surface area contributed by atoms with E-state index < -0.39 is 0 Å². The molecule has 16 heavy (non-hydrogen) atoms. The molecule has 0 bridgehead atoms. The highest BCUT2D eigenvalue weighted by molar-refractivity contribution is 5.47. The molecule has 2 rings (SSSR count). The van der Waals surface area contributed by atoms with Crippen LogP contribution in [-0.4, -0.2) is 20.2 Å². The van der Waals surface area contributed by atoms with Crippen LogP contribution < -0.4 is 10.1 Å². The zero-order chi connectivity index (χ0) is 11.6. The van der Waals surface area contributed by atoms with Crippen molar-refractivity contribution < 1.29 is 4.74 Å². The van der Waals surface area contributed by atoms with Gasteiger partial charge >= 0.3 is 0 Å². The first-order valence-corrected chi connectivity index (χ1v) is 6.05. The summed E-state index contributed by atoms with van der Waals surface area (Å²) in [6, 6.07) is 6.55. The molecule has 88 valence electrons. The molecule has 1 N–H and O–H groups in total. The molecule has 0 aromatic heterocycles. The van der Waals surface area contributed by atoms with E-state index in [1.54, 1.807) is 0 Å². The van der Waals surface area contributed by atoms with Gasteiger partial charge in [0, 0.05) is 12.0 Å². The summed E-state index contributed by atoms with van der Waals surface area (Å²) in [5.41, 5.74) is 2.91. The molecule has 0 radical (unpaired) electrons. The van der Waals surface area contributed by atoms with Crippen molar-refractivity contribution in [1.82, 2.24) is 5.32 Å². The van der Waals surface area contributed by atoms with Crippen LogP contribution in [0.5, 0.6) is 5.75 Å². The zero-order valence-electron chi connectivity index (χ0n) is 10.5.